The number of benzene rings is 1. The number of nitriles is 1. The van der Waals surface area contributed by atoms with E-state index < -0.39 is 10.0 Å². The Morgan fingerprint density at radius 2 is 2.15 bits per heavy atom. The molecule has 1 aromatic heterocycles. The van der Waals surface area contributed by atoms with E-state index in [4.69, 9.17) is 11.0 Å². The second kappa shape index (κ2) is 5.63. The van der Waals surface area contributed by atoms with Crippen molar-refractivity contribution in [3.63, 3.8) is 0 Å². The maximum atomic E-state index is 12.2. The van der Waals surface area contributed by atoms with Gasteiger partial charge in [-0.25, -0.2) is 13.1 Å². The zero-order chi connectivity index (χ0) is 14.8. The van der Waals surface area contributed by atoms with Crippen LogP contribution in [0.2, 0.25) is 0 Å². The van der Waals surface area contributed by atoms with Gasteiger partial charge in [-0.15, -0.1) is 0 Å². The predicted molar refractivity (Wildman–Crippen MR) is 78.7 cm³/mol. The van der Waals surface area contributed by atoms with Crippen molar-refractivity contribution >= 4 is 27.0 Å². The molecule has 7 heteroatoms. The summed E-state index contributed by atoms with van der Waals surface area (Å²) < 4.78 is 27.0. The summed E-state index contributed by atoms with van der Waals surface area (Å²) in [6, 6.07) is 6.01. The van der Waals surface area contributed by atoms with Crippen molar-refractivity contribution in [3.8, 4) is 6.07 Å². The summed E-state index contributed by atoms with van der Waals surface area (Å²) in [6.45, 7) is 2.12. The van der Waals surface area contributed by atoms with Crippen LogP contribution in [0.15, 0.2) is 33.9 Å². The van der Waals surface area contributed by atoms with Gasteiger partial charge in [-0.3, -0.25) is 0 Å². The van der Waals surface area contributed by atoms with E-state index in [1.807, 2.05) is 23.8 Å². The first-order valence-corrected chi connectivity index (χ1v) is 8.17. The molecule has 0 aliphatic heterocycles. The summed E-state index contributed by atoms with van der Waals surface area (Å²) in [6.07, 6.45) is 0. The Morgan fingerprint density at radius 1 is 1.40 bits per heavy atom. The number of thiophene rings is 1. The van der Waals surface area contributed by atoms with E-state index in [9.17, 15) is 8.42 Å². The Balaban J connectivity index is 2.28. The average Bonchev–Trinajstić information content (AvgIpc) is 2.81. The molecule has 0 fully saturated rings. The molecule has 0 amide bonds. The van der Waals surface area contributed by atoms with Crippen LogP contribution < -0.4 is 10.5 Å². The molecule has 0 saturated heterocycles. The number of anilines is 1. The molecule has 5 nitrogen and oxygen atoms in total. The molecule has 2 rings (SSSR count). The monoisotopic (exact) mass is 307 g/mol. The number of nitrogens with one attached hydrogen (secondary N) is 1. The van der Waals surface area contributed by atoms with Crippen LogP contribution in [-0.2, 0) is 16.6 Å². The molecular formula is C13H13N3O2S2. The number of aryl methyl sites for hydroxylation is 1. The molecule has 104 valence electrons. The molecule has 20 heavy (non-hydrogen) atoms. The van der Waals surface area contributed by atoms with Crippen LogP contribution in [0.4, 0.5) is 5.69 Å². The third kappa shape index (κ3) is 2.99. The summed E-state index contributed by atoms with van der Waals surface area (Å²) in [7, 11) is -3.74. The second-order valence-corrected chi connectivity index (χ2v) is 6.75. The number of hydrogen-bond donors (Lipinski definition) is 2. The van der Waals surface area contributed by atoms with Gasteiger partial charge in [0.05, 0.1) is 10.5 Å². The van der Waals surface area contributed by atoms with Gasteiger partial charge in [0, 0.05) is 12.2 Å². The third-order valence-electron chi connectivity index (χ3n) is 2.83. The minimum Gasteiger partial charge on any atom is -0.399 e. The molecule has 0 atom stereocenters. The summed E-state index contributed by atoms with van der Waals surface area (Å²) in [5.74, 6) is 0. The molecular weight excluding hydrogens is 294 g/mol. The van der Waals surface area contributed by atoms with Gasteiger partial charge in [-0.05, 0) is 47.0 Å². The second-order valence-electron chi connectivity index (χ2n) is 4.27. The summed E-state index contributed by atoms with van der Waals surface area (Å²) in [5, 5.41) is 12.9. The van der Waals surface area contributed by atoms with Crippen LogP contribution in [0.3, 0.4) is 0 Å². The maximum absolute atomic E-state index is 12.2. The van der Waals surface area contributed by atoms with Gasteiger partial charge in [-0.1, -0.05) is 0 Å². The summed E-state index contributed by atoms with van der Waals surface area (Å²) in [4.78, 5) is -0.0536. The number of hydrogen-bond acceptors (Lipinski definition) is 5. The lowest BCUT2D eigenvalue weighted by Crippen LogP contribution is -2.24. The minimum atomic E-state index is -3.74. The molecule has 2 aromatic rings. The normalized spacial score (nSPS) is 11.2. The molecule has 0 aliphatic carbocycles. The average molecular weight is 307 g/mol. The number of nitrogens with two attached hydrogens (primary N) is 1. The lowest BCUT2D eigenvalue weighted by molar-refractivity contribution is 0.581. The molecule has 0 spiro atoms. The molecule has 3 N–H and O–H groups in total. The molecule has 0 radical (unpaired) electrons. The van der Waals surface area contributed by atoms with E-state index in [1.165, 1.54) is 29.5 Å². The van der Waals surface area contributed by atoms with Crippen LogP contribution in [-0.4, -0.2) is 8.42 Å². The van der Waals surface area contributed by atoms with Gasteiger partial charge >= 0.3 is 0 Å². The number of sulfonamides is 1. The fourth-order valence-electron chi connectivity index (χ4n) is 1.69. The number of nitrogens with zero attached hydrogens (tertiary/aromatic N) is 1. The highest BCUT2D eigenvalue weighted by atomic mass is 32.2. The number of nitrogen functional groups attached to an aromatic ring is 1. The van der Waals surface area contributed by atoms with Crippen molar-refractivity contribution < 1.29 is 8.42 Å². The Hall–Kier alpha value is -1.88. The van der Waals surface area contributed by atoms with Gasteiger partial charge < -0.3 is 5.73 Å². The molecule has 1 aromatic carbocycles. The van der Waals surface area contributed by atoms with E-state index in [0.717, 1.165) is 11.1 Å². The minimum absolute atomic E-state index is 0.0412. The topological polar surface area (TPSA) is 96.0 Å². The summed E-state index contributed by atoms with van der Waals surface area (Å²) in [5.41, 5.74) is 7.91. The fraction of sp³-hybridized carbons (Fsp3) is 0.154. The first kappa shape index (κ1) is 14.5. The standard InChI is InChI=1S/C13H13N3O2S2/c1-9-7-19-8-11(9)6-16-20(17,18)13-3-2-12(15)4-10(13)5-14/h2-4,7-8,16H,6,15H2,1H3. The van der Waals surface area contributed by atoms with Crippen molar-refractivity contribution in [2.75, 3.05) is 5.73 Å². The lowest BCUT2D eigenvalue weighted by Gasteiger charge is -2.08. The zero-order valence-corrected chi connectivity index (χ0v) is 12.4. The van der Waals surface area contributed by atoms with Crippen molar-refractivity contribution in [2.24, 2.45) is 0 Å². The smallest absolute Gasteiger partial charge is 0.242 e. The molecule has 0 bridgehead atoms. The van der Waals surface area contributed by atoms with Crippen molar-refractivity contribution in [3.05, 3.63) is 45.6 Å². The zero-order valence-electron chi connectivity index (χ0n) is 10.8. The van der Waals surface area contributed by atoms with E-state index >= 15 is 0 Å². The highest BCUT2D eigenvalue weighted by Crippen LogP contribution is 2.19. The highest BCUT2D eigenvalue weighted by molar-refractivity contribution is 7.89. The van der Waals surface area contributed by atoms with E-state index in [-0.39, 0.29) is 17.0 Å². The fourth-order valence-corrected chi connectivity index (χ4v) is 3.69. The first-order valence-electron chi connectivity index (χ1n) is 5.75. The highest BCUT2D eigenvalue weighted by Gasteiger charge is 2.18. The lowest BCUT2D eigenvalue weighted by atomic mass is 10.2. The van der Waals surface area contributed by atoms with Crippen LogP contribution in [0.25, 0.3) is 0 Å². The van der Waals surface area contributed by atoms with Gasteiger partial charge in [0.25, 0.3) is 0 Å². The molecule has 0 unspecified atom stereocenters. The van der Waals surface area contributed by atoms with Gasteiger partial charge in [-0.2, -0.15) is 16.6 Å². The first-order chi connectivity index (χ1) is 9.44. The van der Waals surface area contributed by atoms with Crippen molar-refractivity contribution in [1.29, 1.82) is 5.26 Å². The Kier molecular flexibility index (Phi) is 4.09. The molecule has 1 heterocycles. The summed E-state index contributed by atoms with van der Waals surface area (Å²) >= 11 is 1.52. The Labute approximate surface area is 121 Å². The maximum Gasteiger partial charge on any atom is 0.242 e. The van der Waals surface area contributed by atoms with Crippen LogP contribution in [0.5, 0.6) is 0 Å². The van der Waals surface area contributed by atoms with E-state index in [0.29, 0.717) is 5.69 Å². The van der Waals surface area contributed by atoms with Crippen molar-refractivity contribution in [2.45, 2.75) is 18.4 Å². The molecule has 0 saturated carbocycles. The van der Waals surface area contributed by atoms with E-state index in [1.54, 1.807) is 0 Å². The van der Waals surface area contributed by atoms with Crippen LogP contribution in [0, 0.1) is 18.3 Å². The SMILES string of the molecule is Cc1cscc1CNS(=O)(=O)c1ccc(N)cc1C#N. The molecule has 0 aliphatic rings. The number of rotatable bonds is 4. The third-order valence-corrected chi connectivity index (χ3v) is 5.20. The van der Waals surface area contributed by atoms with Gasteiger partial charge in [0.15, 0.2) is 0 Å². The van der Waals surface area contributed by atoms with Crippen LogP contribution in [0.1, 0.15) is 16.7 Å². The largest absolute Gasteiger partial charge is 0.399 e. The van der Waals surface area contributed by atoms with Gasteiger partial charge in [0.2, 0.25) is 10.0 Å². The Morgan fingerprint density at radius 3 is 2.75 bits per heavy atom. The predicted octanol–water partition coefficient (Wildman–Crippen LogP) is 1.99. The Bertz CT molecular complexity index is 773. The van der Waals surface area contributed by atoms with Gasteiger partial charge in [0.1, 0.15) is 6.07 Å². The van der Waals surface area contributed by atoms with E-state index in [2.05, 4.69) is 4.72 Å². The van der Waals surface area contributed by atoms with Crippen molar-refractivity contribution in [1.82, 2.24) is 4.72 Å². The van der Waals surface area contributed by atoms with Crippen LogP contribution >= 0.6 is 11.3 Å². The quantitative estimate of drug-likeness (QED) is 0.844.